The predicted molar refractivity (Wildman–Crippen MR) is 143 cm³/mol. The standard InChI is InChI=1S/C31H30N2O3/c1-31(2,26-13-7-4-8-14-26)27-16-18-28(19-17-27)36-23-30(34)33-32-21-25-12-9-15-29(20-25)35-22-24-10-5-3-6-11-24/h3-21H,22-23H2,1-2H3,(H,33,34). The molecule has 4 rings (SSSR count). The summed E-state index contributed by atoms with van der Waals surface area (Å²) in [6.07, 6.45) is 1.58. The van der Waals surface area contributed by atoms with Gasteiger partial charge in [-0.1, -0.05) is 98.8 Å². The third-order valence-electron chi connectivity index (χ3n) is 5.95. The van der Waals surface area contributed by atoms with Crippen molar-refractivity contribution in [2.45, 2.75) is 25.9 Å². The van der Waals surface area contributed by atoms with E-state index < -0.39 is 0 Å². The second-order valence-corrected chi connectivity index (χ2v) is 8.94. The Kier molecular flexibility index (Phi) is 8.14. The number of hydrogen-bond acceptors (Lipinski definition) is 4. The lowest BCUT2D eigenvalue weighted by atomic mass is 9.78. The Balaban J connectivity index is 1.24. The van der Waals surface area contributed by atoms with Crippen molar-refractivity contribution < 1.29 is 14.3 Å². The molecule has 0 aromatic heterocycles. The topological polar surface area (TPSA) is 59.9 Å². The molecule has 0 aliphatic heterocycles. The molecule has 0 aliphatic carbocycles. The highest BCUT2D eigenvalue weighted by atomic mass is 16.5. The maximum atomic E-state index is 12.2. The van der Waals surface area contributed by atoms with Crippen molar-refractivity contribution in [3.8, 4) is 11.5 Å². The molecule has 4 aromatic rings. The molecule has 0 atom stereocenters. The normalized spacial score (nSPS) is 11.3. The van der Waals surface area contributed by atoms with Crippen LogP contribution in [0.5, 0.6) is 11.5 Å². The highest BCUT2D eigenvalue weighted by molar-refractivity contribution is 5.83. The van der Waals surface area contributed by atoms with E-state index in [-0.39, 0.29) is 17.9 Å². The van der Waals surface area contributed by atoms with E-state index in [0.717, 1.165) is 16.9 Å². The van der Waals surface area contributed by atoms with E-state index >= 15 is 0 Å². The molecule has 0 spiro atoms. The molecule has 0 fully saturated rings. The monoisotopic (exact) mass is 478 g/mol. The number of carbonyl (C=O) groups excluding carboxylic acids is 1. The van der Waals surface area contributed by atoms with Crippen molar-refractivity contribution in [2.75, 3.05) is 6.61 Å². The molecule has 5 nitrogen and oxygen atoms in total. The third-order valence-corrected chi connectivity index (χ3v) is 5.95. The summed E-state index contributed by atoms with van der Waals surface area (Å²) in [4.78, 5) is 12.2. The largest absolute Gasteiger partial charge is 0.489 e. The first kappa shape index (κ1) is 24.7. The fourth-order valence-electron chi connectivity index (χ4n) is 3.77. The van der Waals surface area contributed by atoms with E-state index in [9.17, 15) is 4.79 Å². The zero-order valence-corrected chi connectivity index (χ0v) is 20.6. The Bertz CT molecular complexity index is 1280. The molecule has 0 saturated heterocycles. The number of benzene rings is 4. The van der Waals surface area contributed by atoms with Gasteiger partial charge in [0, 0.05) is 5.41 Å². The third kappa shape index (κ3) is 6.83. The average Bonchev–Trinajstić information content (AvgIpc) is 2.92. The smallest absolute Gasteiger partial charge is 0.277 e. The lowest BCUT2D eigenvalue weighted by molar-refractivity contribution is -0.123. The van der Waals surface area contributed by atoms with Crippen molar-refractivity contribution >= 4 is 12.1 Å². The fraction of sp³-hybridized carbons (Fsp3) is 0.161. The van der Waals surface area contributed by atoms with E-state index in [0.29, 0.717) is 12.4 Å². The van der Waals surface area contributed by atoms with Gasteiger partial charge in [0.25, 0.3) is 5.91 Å². The minimum Gasteiger partial charge on any atom is -0.489 e. The highest BCUT2D eigenvalue weighted by Crippen LogP contribution is 2.32. The highest BCUT2D eigenvalue weighted by Gasteiger charge is 2.22. The Labute approximate surface area is 212 Å². The summed E-state index contributed by atoms with van der Waals surface area (Å²) in [7, 11) is 0. The van der Waals surface area contributed by atoms with Crippen molar-refractivity contribution in [1.29, 1.82) is 0 Å². The van der Waals surface area contributed by atoms with Crippen molar-refractivity contribution in [3.05, 3.63) is 131 Å². The molecule has 0 heterocycles. The van der Waals surface area contributed by atoms with Gasteiger partial charge in [-0.15, -0.1) is 0 Å². The van der Waals surface area contributed by atoms with Gasteiger partial charge in [-0.3, -0.25) is 4.79 Å². The summed E-state index contributed by atoms with van der Waals surface area (Å²) in [5, 5.41) is 4.03. The van der Waals surface area contributed by atoms with Crippen LogP contribution in [0, 0.1) is 0 Å². The molecule has 1 amide bonds. The predicted octanol–water partition coefficient (Wildman–Crippen LogP) is 6.12. The molecule has 0 radical (unpaired) electrons. The van der Waals surface area contributed by atoms with Gasteiger partial charge in [0.2, 0.25) is 0 Å². The van der Waals surface area contributed by atoms with Gasteiger partial charge in [-0.2, -0.15) is 5.10 Å². The molecular formula is C31H30N2O3. The number of nitrogens with zero attached hydrogens (tertiary/aromatic N) is 1. The van der Waals surface area contributed by atoms with Crippen LogP contribution in [0.3, 0.4) is 0 Å². The first-order chi connectivity index (χ1) is 17.5. The average molecular weight is 479 g/mol. The van der Waals surface area contributed by atoms with Crippen molar-refractivity contribution in [3.63, 3.8) is 0 Å². The summed E-state index contributed by atoms with van der Waals surface area (Å²) in [6, 6.07) is 35.7. The first-order valence-electron chi connectivity index (χ1n) is 11.9. The fourth-order valence-corrected chi connectivity index (χ4v) is 3.77. The number of carbonyl (C=O) groups is 1. The van der Waals surface area contributed by atoms with Crippen LogP contribution in [-0.4, -0.2) is 18.7 Å². The van der Waals surface area contributed by atoms with Crippen LogP contribution in [0.4, 0.5) is 0 Å². The number of amides is 1. The van der Waals surface area contributed by atoms with Gasteiger partial charge in [-0.25, -0.2) is 5.43 Å². The first-order valence-corrected chi connectivity index (χ1v) is 11.9. The molecular weight excluding hydrogens is 448 g/mol. The SMILES string of the molecule is CC(C)(c1ccccc1)c1ccc(OCC(=O)NN=Cc2cccc(OCc3ccccc3)c2)cc1. The van der Waals surface area contributed by atoms with Crippen LogP contribution in [0.15, 0.2) is 114 Å². The molecule has 4 aromatic carbocycles. The summed E-state index contributed by atoms with van der Waals surface area (Å²) in [6.45, 7) is 4.74. The van der Waals surface area contributed by atoms with Gasteiger partial charge in [0.05, 0.1) is 6.21 Å². The minimum atomic E-state index is -0.337. The molecule has 5 heteroatoms. The zero-order chi connectivity index (χ0) is 25.2. The number of rotatable bonds is 10. The number of hydrazone groups is 1. The number of nitrogens with one attached hydrogen (secondary N) is 1. The minimum absolute atomic E-state index is 0.126. The van der Waals surface area contributed by atoms with Crippen molar-refractivity contribution in [1.82, 2.24) is 5.43 Å². The van der Waals surface area contributed by atoms with E-state index in [2.05, 4.69) is 36.5 Å². The second kappa shape index (κ2) is 11.8. The van der Waals surface area contributed by atoms with Gasteiger partial charge in [-0.05, 0) is 46.5 Å². The van der Waals surface area contributed by atoms with Crippen LogP contribution in [0.1, 0.15) is 36.1 Å². The van der Waals surface area contributed by atoms with Gasteiger partial charge in [0.15, 0.2) is 6.61 Å². The van der Waals surface area contributed by atoms with Crippen LogP contribution in [0.2, 0.25) is 0 Å². The number of hydrogen-bond donors (Lipinski definition) is 1. The van der Waals surface area contributed by atoms with E-state index in [1.54, 1.807) is 6.21 Å². The lowest BCUT2D eigenvalue weighted by Gasteiger charge is -2.26. The zero-order valence-electron chi connectivity index (χ0n) is 20.6. The van der Waals surface area contributed by atoms with Crippen LogP contribution < -0.4 is 14.9 Å². The molecule has 1 N–H and O–H groups in total. The van der Waals surface area contributed by atoms with Crippen molar-refractivity contribution in [2.24, 2.45) is 5.10 Å². The van der Waals surface area contributed by atoms with Crippen LogP contribution in [0.25, 0.3) is 0 Å². The number of ether oxygens (including phenoxy) is 2. The van der Waals surface area contributed by atoms with E-state index in [1.807, 2.05) is 97.1 Å². The summed E-state index contributed by atoms with van der Waals surface area (Å²) in [5.74, 6) is 1.03. The Hall–Kier alpha value is -4.38. The van der Waals surface area contributed by atoms with Gasteiger partial charge >= 0.3 is 0 Å². The summed E-state index contributed by atoms with van der Waals surface area (Å²) < 4.78 is 11.5. The molecule has 0 unspecified atom stereocenters. The van der Waals surface area contributed by atoms with E-state index in [1.165, 1.54) is 11.1 Å². The molecule has 36 heavy (non-hydrogen) atoms. The van der Waals surface area contributed by atoms with Gasteiger partial charge < -0.3 is 9.47 Å². The molecule has 0 saturated carbocycles. The quantitative estimate of drug-likeness (QED) is 0.221. The maximum Gasteiger partial charge on any atom is 0.277 e. The van der Waals surface area contributed by atoms with Gasteiger partial charge in [0.1, 0.15) is 18.1 Å². The Morgan fingerprint density at radius 2 is 1.44 bits per heavy atom. The maximum absolute atomic E-state index is 12.2. The Morgan fingerprint density at radius 3 is 2.17 bits per heavy atom. The van der Waals surface area contributed by atoms with Crippen LogP contribution >= 0.6 is 0 Å². The summed E-state index contributed by atoms with van der Waals surface area (Å²) in [5.41, 5.74) is 6.70. The molecule has 0 bridgehead atoms. The Morgan fingerprint density at radius 1 is 0.778 bits per heavy atom. The molecule has 0 aliphatic rings. The second-order valence-electron chi connectivity index (χ2n) is 8.94. The van der Waals surface area contributed by atoms with Crippen LogP contribution in [-0.2, 0) is 16.8 Å². The van der Waals surface area contributed by atoms with E-state index in [4.69, 9.17) is 9.47 Å². The lowest BCUT2D eigenvalue weighted by Crippen LogP contribution is -2.24. The molecule has 182 valence electrons. The summed E-state index contributed by atoms with van der Waals surface area (Å²) >= 11 is 0.